The van der Waals surface area contributed by atoms with Crippen molar-refractivity contribution >= 4 is 5.91 Å². The number of rotatable bonds is 5. The van der Waals surface area contributed by atoms with Crippen LogP contribution in [0.2, 0.25) is 0 Å². The summed E-state index contributed by atoms with van der Waals surface area (Å²) < 4.78 is 11.4. The van der Waals surface area contributed by atoms with E-state index in [1.54, 1.807) is 6.08 Å². The number of hydrogen-bond donors (Lipinski definition) is 1. The van der Waals surface area contributed by atoms with Gasteiger partial charge in [-0.15, -0.1) is 6.58 Å². The molecule has 0 aromatic heterocycles. The van der Waals surface area contributed by atoms with Crippen molar-refractivity contribution < 1.29 is 14.3 Å². The molecule has 5 heteroatoms. The zero-order chi connectivity index (χ0) is 13.7. The molecule has 2 aliphatic rings. The van der Waals surface area contributed by atoms with Crippen LogP contribution >= 0.6 is 0 Å². The summed E-state index contributed by atoms with van der Waals surface area (Å²) in [4.78, 5) is 13.8. The molecule has 0 radical (unpaired) electrons. The Balaban J connectivity index is 1.74. The van der Waals surface area contributed by atoms with E-state index in [0.29, 0.717) is 32.3 Å². The first-order valence-electron chi connectivity index (χ1n) is 7.01. The summed E-state index contributed by atoms with van der Waals surface area (Å²) in [5, 5.41) is 2.80. The van der Waals surface area contributed by atoms with Crippen molar-refractivity contribution in [1.29, 1.82) is 0 Å². The zero-order valence-electron chi connectivity index (χ0n) is 11.7. The van der Waals surface area contributed by atoms with Crippen LogP contribution in [0.5, 0.6) is 0 Å². The third-order valence-corrected chi connectivity index (χ3v) is 3.99. The maximum absolute atomic E-state index is 11.7. The molecule has 108 valence electrons. The van der Waals surface area contributed by atoms with Gasteiger partial charge in [0.15, 0.2) is 5.79 Å². The molecule has 1 saturated heterocycles. The van der Waals surface area contributed by atoms with Crippen LogP contribution in [0.25, 0.3) is 0 Å². The van der Waals surface area contributed by atoms with Crippen molar-refractivity contribution in [2.24, 2.45) is 0 Å². The van der Waals surface area contributed by atoms with Crippen LogP contribution in [0.4, 0.5) is 0 Å². The maximum atomic E-state index is 11.7. The molecule has 2 rings (SSSR count). The van der Waals surface area contributed by atoms with Crippen molar-refractivity contribution in [1.82, 2.24) is 10.2 Å². The van der Waals surface area contributed by atoms with E-state index in [0.717, 1.165) is 25.7 Å². The Morgan fingerprint density at radius 2 is 2.05 bits per heavy atom. The molecule has 5 nitrogen and oxygen atoms in total. The molecule has 1 saturated carbocycles. The molecule has 19 heavy (non-hydrogen) atoms. The minimum atomic E-state index is -0.317. The van der Waals surface area contributed by atoms with E-state index in [-0.39, 0.29) is 11.7 Å². The topological polar surface area (TPSA) is 50.8 Å². The zero-order valence-corrected chi connectivity index (χ0v) is 11.7. The number of ether oxygens (including phenoxy) is 2. The number of hydrogen-bond acceptors (Lipinski definition) is 4. The molecule has 0 bridgehead atoms. The molecule has 2 fully saturated rings. The molecule has 0 aromatic rings. The summed E-state index contributed by atoms with van der Waals surface area (Å²) in [6, 6.07) is 0.438. The third-order valence-electron chi connectivity index (χ3n) is 3.99. The van der Waals surface area contributed by atoms with Crippen molar-refractivity contribution in [2.45, 2.75) is 37.5 Å². The molecule has 1 aliphatic carbocycles. The Kier molecular flexibility index (Phi) is 4.96. The van der Waals surface area contributed by atoms with Crippen molar-refractivity contribution in [3.05, 3.63) is 12.7 Å². The average molecular weight is 268 g/mol. The van der Waals surface area contributed by atoms with Gasteiger partial charge in [0.25, 0.3) is 0 Å². The Hall–Kier alpha value is -0.910. The van der Waals surface area contributed by atoms with E-state index < -0.39 is 0 Å². The largest absolute Gasteiger partial charge is 0.352 e. The second-order valence-corrected chi connectivity index (χ2v) is 5.35. The van der Waals surface area contributed by atoms with E-state index in [9.17, 15) is 4.79 Å². The first kappa shape index (κ1) is 14.5. The maximum Gasteiger partial charge on any atom is 0.234 e. The van der Waals surface area contributed by atoms with Gasteiger partial charge in [0.2, 0.25) is 5.91 Å². The SMILES string of the molecule is C=CCNC(=O)CN(C)C1CCC2(CC1)OCCO2. The van der Waals surface area contributed by atoms with Gasteiger partial charge in [0.1, 0.15) is 0 Å². The lowest BCUT2D eigenvalue weighted by molar-refractivity contribution is -0.183. The lowest BCUT2D eigenvalue weighted by atomic mass is 9.89. The molecule has 1 N–H and O–H groups in total. The van der Waals surface area contributed by atoms with Gasteiger partial charge >= 0.3 is 0 Å². The number of carbonyl (C=O) groups is 1. The van der Waals surface area contributed by atoms with Gasteiger partial charge in [-0.25, -0.2) is 0 Å². The van der Waals surface area contributed by atoms with Gasteiger partial charge in [-0.05, 0) is 19.9 Å². The summed E-state index contributed by atoms with van der Waals surface area (Å²) in [6.45, 7) is 5.98. The second kappa shape index (κ2) is 6.50. The molecule has 0 atom stereocenters. The first-order valence-corrected chi connectivity index (χ1v) is 7.01. The molecule has 1 aliphatic heterocycles. The highest BCUT2D eigenvalue weighted by atomic mass is 16.7. The summed E-state index contributed by atoms with van der Waals surface area (Å²) in [5.74, 6) is -0.265. The molecular formula is C14H24N2O3. The monoisotopic (exact) mass is 268 g/mol. The van der Waals surface area contributed by atoms with Crippen molar-refractivity contribution in [3.8, 4) is 0 Å². The molecule has 1 spiro atoms. The van der Waals surface area contributed by atoms with Gasteiger partial charge in [0.05, 0.1) is 19.8 Å². The molecule has 1 heterocycles. The molecular weight excluding hydrogens is 244 g/mol. The van der Waals surface area contributed by atoms with E-state index in [1.165, 1.54) is 0 Å². The predicted octanol–water partition coefficient (Wildman–Crippen LogP) is 0.906. The van der Waals surface area contributed by atoms with Crippen LogP contribution in [0.1, 0.15) is 25.7 Å². The summed E-state index contributed by atoms with van der Waals surface area (Å²) in [7, 11) is 2.01. The molecule has 1 amide bonds. The van der Waals surface area contributed by atoms with Gasteiger partial charge < -0.3 is 14.8 Å². The molecule has 0 aromatic carbocycles. The Bertz CT molecular complexity index is 317. The van der Waals surface area contributed by atoms with Gasteiger partial charge in [-0.3, -0.25) is 9.69 Å². The quantitative estimate of drug-likeness (QED) is 0.753. The van der Waals surface area contributed by atoms with Crippen molar-refractivity contribution in [2.75, 3.05) is 33.4 Å². The fraction of sp³-hybridized carbons (Fsp3) is 0.786. The minimum Gasteiger partial charge on any atom is -0.352 e. The van der Waals surface area contributed by atoms with Gasteiger partial charge in [-0.1, -0.05) is 6.08 Å². The second-order valence-electron chi connectivity index (χ2n) is 5.35. The van der Waals surface area contributed by atoms with Crippen LogP contribution in [0.15, 0.2) is 12.7 Å². The smallest absolute Gasteiger partial charge is 0.234 e. The first-order chi connectivity index (χ1) is 9.15. The number of carbonyl (C=O) groups excluding carboxylic acids is 1. The van der Waals surface area contributed by atoms with Crippen LogP contribution in [-0.4, -0.2) is 56.0 Å². The standard InChI is InChI=1S/C14H24N2O3/c1-3-8-15-13(17)11-16(2)12-4-6-14(7-5-12)18-9-10-19-14/h3,12H,1,4-11H2,2H3,(H,15,17). The number of likely N-dealkylation sites (N-methyl/N-ethyl adjacent to an activating group) is 1. The Morgan fingerprint density at radius 3 is 2.63 bits per heavy atom. The summed E-state index contributed by atoms with van der Waals surface area (Å²) >= 11 is 0. The van der Waals surface area contributed by atoms with Gasteiger partial charge in [0, 0.05) is 25.4 Å². The fourth-order valence-corrected chi connectivity index (χ4v) is 2.87. The van der Waals surface area contributed by atoms with Crippen LogP contribution in [0.3, 0.4) is 0 Å². The third kappa shape index (κ3) is 3.78. The van der Waals surface area contributed by atoms with Crippen LogP contribution < -0.4 is 5.32 Å². The normalized spacial score (nSPS) is 22.8. The highest BCUT2D eigenvalue weighted by Crippen LogP contribution is 2.36. The Labute approximate surface area is 114 Å². The van der Waals surface area contributed by atoms with Crippen molar-refractivity contribution in [3.63, 3.8) is 0 Å². The van der Waals surface area contributed by atoms with Crippen LogP contribution in [-0.2, 0) is 14.3 Å². The van der Waals surface area contributed by atoms with Crippen LogP contribution in [0, 0.1) is 0 Å². The highest BCUT2D eigenvalue weighted by Gasteiger charge is 2.41. The van der Waals surface area contributed by atoms with E-state index >= 15 is 0 Å². The number of nitrogens with one attached hydrogen (secondary N) is 1. The Morgan fingerprint density at radius 1 is 1.42 bits per heavy atom. The lowest BCUT2D eigenvalue weighted by Crippen LogP contribution is -2.46. The van der Waals surface area contributed by atoms with Gasteiger partial charge in [-0.2, -0.15) is 0 Å². The fourth-order valence-electron chi connectivity index (χ4n) is 2.87. The lowest BCUT2D eigenvalue weighted by Gasteiger charge is -2.38. The highest BCUT2D eigenvalue weighted by molar-refractivity contribution is 5.78. The van der Waals surface area contributed by atoms with E-state index in [2.05, 4.69) is 16.8 Å². The van der Waals surface area contributed by atoms with E-state index in [1.807, 2.05) is 7.05 Å². The number of nitrogens with zero attached hydrogens (tertiary/aromatic N) is 1. The summed E-state index contributed by atoms with van der Waals surface area (Å²) in [5.41, 5.74) is 0. The molecule has 0 unspecified atom stereocenters. The summed E-state index contributed by atoms with van der Waals surface area (Å²) in [6.07, 6.45) is 5.58. The average Bonchev–Trinajstić information content (AvgIpc) is 2.85. The minimum absolute atomic E-state index is 0.0519. The number of amides is 1. The van der Waals surface area contributed by atoms with E-state index in [4.69, 9.17) is 9.47 Å². The predicted molar refractivity (Wildman–Crippen MR) is 72.7 cm³/mol.